The maximum atomic E-state index is 12.8. The highest BCUT2D eigenvalue weighted by Gasteiger charge is 2.29. The predicted octanol–water partition coefficient (Wildman–Crippen LogP) is 2.06. The number of rotatable bonds is 3. The Bertz CT molecular complexity index is 930. The monoisotopic (exact) mass is 318 g/mol. The zero-order chi connectivity index (χ0) is 15.9. The first-order valence-electron chi connectivity index (χ1n) is 6.54. The minimum atomic E-state index is -3.75. The van der Waals surface area contributed by atoms with E-state index in [1.165, 1.54) is 11.4 Å². The van der Waals surface area contributed by atoms with Gasteiger partial charge in [0.1, 0.15) is 5.69 Å². The molecule has 2 heterocycles. The lowest BCUT2D eigenvalue weighted by atomic mass is 10.2. The van der Waals surface area contributed by atoms with Crippen LogP contribution >= 0.6 is 0 Å². The van der Waals surface area contributed by atoms with E-state index < -0.39 is 10.0 Å². The summed E-state index contributed by atoms with van der Waals surface area (Å²) in [5, 5.41) is 3.71. The Balaban J connectivity index is 2.10. The van der Waals surface area contributed by atoms with Crippen molar-refractivity contribution in [2.24, 2.45) is 0 Å². The van der Waals surface area contributed by atoms with E-state index in [1.54, 1.807) is 44.4 Å². The third kappa shape index (κ3) is 2.21. The van der Waals surface area contributed by atoms with Gasteiger partial charge in [-0.3, -0.25) is 14.3 Å². The van der Waals surface area contributed by atoms with E-state index in [4.69, 9.17) is 4.52 Å². The van der Waals surface area contributed by atoms with Crippen LogP contribution in [0.3, 0.4) is 0 Å². The van der Waals surface area contributed by atoms with E-state index >= 15 is 0 Å². The lowest BCUT2D eigenvalue weighted by molar-refractivity contribution is 0.390. The molecule has 22 heavy (non-hydrogen) atoms. The van der Waals surface area contributed by atoms with Crippen LogP contribution in [0.1, 0.15) is 11.5 Å². The van der Waals surface area contributed by atoms with Gasteiger partial charge in [0.25, 0.3) is 10.0 Å². The van der Waals surface area contributed by atoms with Crippen molar-refractivity contribution in [3.63, 3.8) is 0 Å². The summed E-state index contributed by atoms with van der Waals surface area (Å²) in [6.07, 6.45) is 3.15. The van der Waals surface area contributed by atoms with Crippen molar-refractivity contribution in [1.29, 1.82) is 0 Å². The molecule has 0 saturated heterocycles. The number of aryl methyl sites for hydroxylation is 2. The number of aromatic nitrogens is 3. The van der Waals surface area contributed by atoms with Crippen LogP contribution < -0.4 is 4.31 Å². The van der Waals surface area contributed by atoms with Crippen LogP contribution in [-0.2, 0) is 10.0 Å². The quantitative estimate of drug-likeness (QED) is 0.734. The summed E-state index contributed by atoms with van der Waals surface area (Å²) in [5.74, 6) is 0.268. The van der Waals surface area contributed by atoms with Crippen molar-refractivity contribution >= 4 is 26.7 Å². The molecule has 0 bridgehead atoms. The fourth-order valence-electron chi connectivity index (χ4n) is 2.27. The van der Waals surface area contributed by atoms with Gasteiger partial charge in [0.2, 0.25) is 0 Å². The van der Waals surface area contributed by atoms with E-state index in [9.17, 15) is 8.42 Å². The number of nitrogens with zero attached hydrogens (tertiary/aromatic N) is 4. The molecule has 0 atom stereocenters. The van der Waals surface area contributed by atoms with Gasteiger partial charge in [0, 0.05) is 19.4 Å². The average molecular weight is 318 g/mol. The molecule has 0 spiro atoms. The molecule has 8 heteroatoms. The number of anilines is 1. The first-order valence-corrected chi connectivity index (χ1v) is 7.98. The summed E-state index contributed by atoms with van der Waals surface area (Å²) in [6, 6.07) is 5.10. The lowest BCUT2D eigenvalue weighted by Crippen LogP contribution is -2.27. The van der Waals surface area contributed by atoms with Gasteiger partial charge < -0.3 is 4.52 Å². The highest BCUT2D eigenvalue weighted by Crippen LogP contribution is 2.27. The Hall–Kier alpha value is -2.48. The number of sulfonamides is 1. The molecule has 0 aliphatic rings. The van der Waals surface area contributed by atoms with Crippen LogP contribution in [-0.4, -0.2) is 30.6 Å². The van der Waals surface area contributed by atoms with Crippen molar-refractivity contribution in [2.45, 2.75) is 18.7 Å². The zero-order valence-electron chi connectivity index (χ0n) is 12.3. The van der Waals surface area contributed by atoms with Crippen molar-refractivity contribution in [2.75, 3.05) is 11.4 Å². The smallest absolute Gasteiger partial charge is 0.269 e. The molecular formula is C14H14N4O3S. The van der Waals surface area contributed by atoms with Gasteiger partial charge >= 0.3 is 0 Å². The maximum absolute atomic E-state index is 12.8. The molecule has 0 aliphatic carbocycles. The molecule has 7 nitrogen and oxygen atoms in total. The molecule has 0 radical (unpaired) electrons. The topological polar surface area (TPSA) is 89.2 Å². The summed E-state index contributed by atoms with van der Waals surface area (Å²) < 4.78 is 31.7. The molecule has 0 saturated carbocycles. The predicted molar refractivity (Wildman–Crippen MR) is 81.1 cm³/mol. The molecule has 2 aromatic heterocycles. The number of benzene rings is 1. The fourth-order valence-corrected chi connectivity index (χ4v) is 3.74. The molecule has 0 amide bonds. The van der Waals surface area contributed by atoms with Crippen LogP contribution in [0.25, 0.3) is 11.0 Å². The van der Waals surface area contributed by atoms with Gasteiger partial charge in [0.05, 0.1) is 16.7 Å². The van der Waals surface area contributed by atoms with Crippen molar-refractivity contribution in [1.82, 2.24) is 15.1 Å². The Morgan fingerprint density at radius 3 is 2.41 bits per heavy atom. The van der Waals surface area contributed by atoms with Crippen LogP contribution in [0.4, 0.5) is 5.69 Å². The second-order valence-corrected chi connectivity index (χ2v) is 6.76. The number of hydrogen-bond donors (Lipinski definition) is 0. The van der Waals surface area contributed by atoms with Crippen molar-refractivity contribution in [3.05, 3.63) is 42.0 Å². The highest BCUT2D eigenvalue weighted by molar-refractivity contribution is 7.92. The van der Waals surface area contributed by atoms with Crippen LogP contribution in [0.5, 0.6) is 0 Å². The van der Waals surface area contributed by atoms with Gasteiger partial charge in [0.15, 0.2) is 10.7 Å². The van der Waals surface area contributed by atoms with Crippen LogP contribution in [0.2, 0.25) is 0 Å². The summed E-state index contributed by atoms with van der Waals surface area (Å²) in [4.78, 5) is 8.45. The van der Waals surface area contributed by atoms with Crippen molar-refractivity contribution < 1.29 is 12.9 Å². The third-order valence-electron chi connectivity index (χ3n) is 3.40. The molecule has 114 valence electrons. The lowest BCUT2D eigenvalue weighted by Gasteiger charge is -2.19. The Morgan fingerprint density at radius 2 is 1.77 bits per heavy atom. The van der Waals surface area contributed by atoms with Crippen LogP contribution in [0, 0.1) is 13.8 Å². The molecular weight excluding hydrogens is 304 g/mol. The normalized spacial score (nSPS) is 11.8. The Morgan fingerprint density at radius 1 is 1.09 bits per heavy atom. The average Bonchev–Trinajstić information content (AvgIpc) is 2.85. The van der Waals surface area contributed by atoms with Gasteiger partial charge in [-0.15, -0.1) is 0 Å². The maximum Gasteiger partial charge on any atom is 0.269 e. The summed E-state index contributed by atoms with van der Waals surface area (Å²) in [6.45, 7) is 3.18. The summed E-state index contributed by atoms with van der Waals surface area (Å²) in [7, 11) is -2.26. The highest BCUT2D eigenvalue weighted by atomic mass is 32.2. The van der Waals surface area contributed by atoms with Gasteiger partial charge in [-0.05, 0) is 32.0 Å². The number of hydrogen-bond acceptors (Lipinski definition) is 6. The molecule has 1 aromatic carbocycles. The summed E-state index contributed by atoms with van der Waals surface area (Å²) in [5.41, 5.74) is 2.16. The van der Waals surface area contributed by atoms with E-state index in [2.05, 4.69) is 15.1 Å². The SMILES string of the molecule is Cc1noc(C)c1S(=O)(=O)N(C)c1ccc2nccnc2c1. The molecule has 3 rings (SSSR count). The largest absolute Gasteiger partial charge is 0.360 e. The fraction of sp³-hybridized carbons (Fsp3) is 0.214. The molecule has 0 fully saturated rings. The molecule has 3 aromatic rings. The van der Waals surface area contributed by atoms with Crippen LogP contribution in [0.15, 0.2) is 40.0 Å². The first-order chi connectivity index (χ1) is 10.4. The first kappa shape index (κ1) is 14.5. The van der Waals surface area contributed by atoms with E-state index in [0.29, 0.717) is 22.4 Å². The summed E-state index contributed by atoms with van der Waals surface area (Å²) >= 11 is 0. The van der Waals surface area contributed by atoms with Gasteiger partial charge in [-0.2, -0.15) is 0 Å². The van der Waals surface area contributed by atoms with Crippen molar-refractivity contribution in [3.8, 4) is 0 Å². The number of fused-ring (bicyclic) bond motifs is 1. The minimum Gasteiger partial charge on any atom is -0.360 e. The van der Waals surface area contributed by atoms with Gasteiger partial charge in [-0.1, -0.05) is 5.16 Å². The van der Waals surface area contributed by atoms with Gasteiger partial charge in [-0.25, -0.2) is 8.42 Å². The van der Waals surface area contributed by atoms with E-state index in [0.717, 1.165) is 0 Å². The standard InChI is InChI=1S/C14H14N4O3S/c1-9-14(10(2)21-17-9)22(19,20)18(3)11-4-5-12-13(8-11)16-7-6-15-12/h4-8H,1-3H3. The second-order valence-electron chi connectivity index (χ2n) is 4.86. The Labute approximate surface area is 127 Å². The molecule has 0 aliphatic heterocycles. The second kappa shape index (κ2) is 5.06. The Kier molecular flexibility index (Phi) is 3.32. The van der Waals surface area contributed by atoms with E-state index in [1.807, 2.05) is 0 Å². The minimum absolute atomic E-state index is 0.0919. The molecule has 0 N–H and O–H groups in total. The zero-order valence-corrected chi connectivity index (χ0v) is 13.1. The molecule has 0 unspecified atom stereocenters. The third-order valence-corrected chi connectivity index (χ3v) is 5.43. The van der Waals surface area contributed by atoms with E-state index in [-0.39, 0.29) is 10.7 Å².